The molecule has 6 heterocycles. The third-order valence-electron chi connectivity index (χ3n) is 9.63. The predicted octanol–water partition coefficient (Wildman–Crippen LogP) is 5.01. The summed E-state index contributed by atoms with van der Waals surface area (Å²) < 4.78 is 72.7. The quantitative estimate of drug-likeness (QED) is 0.254. The van der Waals surface area contributed by atoms with Crippen LogP contribution in [0.4, 0.5) is 23.4 Å². The highest BCUT2D eigenvalue weighted by molar-refractivity contribution is 6.02. The molecule has 0 amide bonds. The van der Waals surface area contributed by atoms with Crippen LogP contribution in [0.5, 0.6) is 17.6 Å². The summed E-state index contributed by atoms with van der Waals surface area (Å²) in [7, 11) is 0. The molecule has 46 heavy (non-hydrogen) atoms. The van der Waals surface area contributed by atoms with Crippen LogP contribution in [0.1, 0.15) is 45.1 Å². The van der Waals surface area contributed by atoms with E-state index in [0.29, 0.717) is 0 Å². The Morgan fingerprint density at radius 1 is 1.11 bits per heavy atom. The number of aliphatic hydroxyl groups is 1. The number of fused-ring (bicyclic) bond motifs is 2. The van der Waals surface area contributed by atoms with Crippen LogP contribution in [-0.2, 0) is 6.42 Å². The van der Waals surface area contributed by atoms with Gasteiger partial charge in [-0.1, -0.05) is 6.92 Å². The van der Waals surface area contributed by atoms with Crippen molar-refractivity contribution in [3.8, 4) is 28.9 Å². The number of phenolic OH excluding ortho intramolecular Hbond substituents is 1. The van der Waals surface area contributed by atoms with E-state index in [1.807, 2.05) is 0 Å². The lowest BCUT2D eigenvalue weighted by molar-refractivity contribution is 0.0731. The number of alkyl halides is 2. The number of anilines is 1. The number of aliphatic hydroxyl groups excluding tert-OH is 1. The summed E-state index contributed by atoms with van der Waals surface area (Å²) in [6.45, 7) is 4.44. The fourth-order valence-electron chi connectivity index (χ4n) is 7.45. The second-order valence-electron chi connectivity index (χ2n) is 12.3. The maximum atomic E-state index is 16.9. The molecule has 2 saturated heterocycles. The van der Waals surface area contributed by atoms with Crippen LogP contribution in [0.3, 0.4) is 0 Å². The van der Waals surface area contributed by atoms with Gasteiger partial charge < -0.3 is 24.6 Å². The van der Waals surface area contributed by atoms with Gasteiger partial charge in [-0.15, -0.1) is 0 Å². The van der Waals surface area contributed by atoms with Crippen LogP contribution in [-0.4, -0.2) is 92.0 Å². The lowest BCUT2D eigenvalue weighted by Crippen LogP contribution is -2.50. The first kappa shape index (κ1) is 30.6. The molecule has 2 N–H and O–H groups in total. The second-order valence-corrected chi connectivity index (χ2v) is 12.3. The zero-order valence-corrected chi connectivity index (χ0v) is 25.4. The van der Waals surface area contributed by atoms with E-state index in [-0.39, 0.29) is 87.3 Å². The first-order valence-corrected chi connectivity index (χ1v) is 15.6. The van der Waals surface area contributed by atoms with Crippen molar-refractivity contribution in [3.63, 3.8) is 0 Å². The Bertz CT molecular complexity index is 1820. The van der Waals surface area contributed by atoms with E-state index in [1.54, 1.807) is 13.8 Å². The molecule has 7 rings (SSSR count). The maximum Gasteiger partial charge on any atom is 0.319 e. The normalized spacial score (nSPS) is 19.9. The minimum absolute atomic E-state index is 0.0575. The molecule has 14 heteroatoms. The minimum Gasteiger partial charge on any atom is -0.508 e. The average molecular weight is 643 g/mol. The van der Waals surface area contributed by atoms with Crippen molar-refractivity contribution in [2.45, 2.75) is 70.0 Å². The average Bonchev–Trinajstić information content (AvgIpc) is 3.58. The van der Waals surface area contributed by atoms with Gasteiger partial charge in [0.05, 0.1) is 29.9 Å². The number of aromatic nitrogens is 4. The smallest absolute Gasteiger partial charge is 0.319 e. The second kappa shape index (κ2) is 11.6. The largest absolute Gasteiger partial charge is 0.508 e. The molecule has 0 spiro atoms. The Labute approximate surface area is 262 Å². The molecule has 4 aromatic rings. The van der Waals surface area contributed by atoms with Gasteiger partial charge in [-0.3, -0.25) is 9.88 Å². The Hall–Kier alpha value is -4.04. The van der Waals surface area contributed by atoms with Crippen molar-refractivity contribution in [2.75, 3.05) is 37.8 Å². The van der Waals surface area contributed by atoms with E-state index in [4.69, 9.17) is 9.47 Å². The number of ether oxygens (including phenoxy) is 2. The number of halogens is 4. The molecule has 3 aliphatic rings. The van der Waals surface area contributed by atoms with Crippen LogP contribution in [0.25, 0.3) is 33.1 Å². The fraction of sp³-hybridized carbons (Fsp3) is 0.500. The zero-order chi connectivity index (χ0) is 32.3. The highest BCUT2D eigenvalue weighted by Gasteiger charge is 2.45. The monoisotopic (exact) mass is 642 g/mol. The number of aromatic hydroxyl groups is 1. The predicted molar refractivity (Wildman–Crippen MR) is 162 cm³/mol. The third-order valence-corrected chi connectivity index (χ3v) is 9.63. The number of benzene rings is 1. The first-order chi connectivity index (χ1) is 22.2. The van der Waals surface area contributed by atoms with E-state index >= 15 is 4.39 Å². The van der Waals surface area contributed by atoms with Crippen molar-refractivity contribution in [2.24, 2.45) is 0 Å². The molecule has 0 saturated carbocycles. The van der Waals surface area contributed by atoms with Crippen LogP contribution in [0.15, 0.2) is 18.3 Å². The number of hydrogen-bond acceptors (Lipinski definition) is 10. The Morgan fingerprint density at radius 2 is 1.87 bits per heavy atom. The molecular formula is C32H34F4N6O4. The van der Waals surface area contributed by atoms with E-state index in [0.717, 1.165) is 45.0 Å². The van der Waals surface area contributed by atoms with E-state index in [2.05, 4.69) is 24.8 Å². The Balaban J connectivity index is 1.47. The summed E-state index contributed by atoms with van der Waals surface area (Å²) in [5.41, 5.74) is -0.280. The summed E-state index contributed by atoms with van der Waals surface area (Å²) in [6.07, 6.45) is 2.19. The molecule has 3 aromatic heterocycles. The van der Waals surface area contributed by atoms with Gasteiger partial charge in [0.1, 0.15) is 53.2 Å². The summed E-state index contributed by atoms with van der Waals surface area (Å²) in [4.78, 5) is 21.2. The summed E-state index contributed by atoms with van der Waals surface area (Å²) in [6, 6.07) is -0.0340. The van der Waals surface area contributed by atoms with Crippen molar-refractivity contribution >= 4 is 27.6 Å². The molecule has 3 aliphatic heterocycles. The number of hydrogen-bond donors (Lipinski definition) is 2. The molecule has 0 bridgehead atoms. The highest BCUT2D eigenvalue weighted by atomic mass is 19.3. The molecule has 1 aromatic carbocycles. The van der Waals surface area contributed by atoms with E-state index in [9.17, 15) is 23.4 Å². The van der Waals surface area contributed by atoms with Crippen LogP contribution in [0, 0.1) is 11.6 Å². The number of aryl methyl sites for hydroxylation is 1. The van der Waals surface area contributed by atoms with E-state index in [1.165, 1.54) is 17.0 Å². The standard InChI is InChI=1S/C32H34F4N6O4/c1-3-18-20(33)12-37-21-11-17(44)10-19(23(18)21)26-25(34)27-24-29(42(22(13-43)28(35)36)16(2)14-45-30(24)38-26)40-31(39-27)46-15-32-6-4-8-41(32)9-5-7-32/h10-12,16,22,28,43-44H,3-9,13-15H2,1-2H3/t16-,22?/m0/s1. The number of pyridine rings is 2. The number of nitrogens with zero attached hydrogens (tertiary/aromatic N) is 6. The first-order valence-electron chi connectivity index (χ1n) is 15.6. The summed E-state index contributed by atoms with van der Waals surface area (Å²) in [5.74, 6) is -2.06. The number of phenols is 1. The molecule has 244 valence electrons. The van der Waals surface area contributed by atoms with Crippen LogP contribution >= 0.6 is 0 Å². The molecule has 2 atom stereocenters. The molecule has 0 aliphatic carbocycles. The maximum absolute atomic E-state index is 16.9. The zero-order valence-electron chi connectivity index (χ0n) is 25.4. The topological polar surface area (TPSA) is 117 Å². The molecular weight excluding hydrogens is 608 g/mol. The van der Waals surface area contributed by atoms with Gasteiger partial charge in [-0.2, -0.15) is 9.97 Å². The van der Waals surface area contributed by atoms with Crippen molar-refractivity contribution in [1.82, 2.24) is 24.8 Å². The van der Waals surface area contributed by atoms with Gasteiger partial charge in [-0.25, -0.2) is 22.5 Å². The fourth-order valence-corrected chi connectivity index (χ4v) is 7.45. The van der Waals surface area contributed by atoms with Crippen LogP contribution in [0.2, 0.25) is 0 Å². The number of rotatable bonds is 8. The van der Waals surface area contributed by atoms with Gasteiger partial charge >= 0.3 is 6.01 Å². The van der Waals surface area contributed by atoms with Gasteiger partial charge in [-0.05, 0) is 63.7 Å². The Kier molecular flexibility index (Phi) is 7.74. The summed E-state index contributed by atoms with van der Waals surface area (Å²) >= 11 is 0. The Morgan fingerprint density at radius 3 is 2.57 bits per heavy atom. The lowest BCUT2D eigenvalue weighted by Gasteiger charge is -2.35. The van der Waals surface area contributed by atoms with Crippen molar-refractivity contribution in [1.29, 1.82) is 0 Å². The highest BCUT2D eigenvalue weighted by Crippen LogP contribution is 2.44. The van der Waals surface area contributed by atoms with Crippen molar-refractivity contribution in [3.05, 3.63) is 35.5 Å². The van der Waals surface area contributed by atoms with Gasteiger partial charge in [0.2, 0.25) is 5.88 Å². The van der Waals surface area contributed by atoms with Crippen molar-refractivity contribution < 1.29 is 37.2 Å². The van der Waals surface area contributed by atoms with E-state index < -0.39 is 36.8 Å². The molecule has 2 fully saturated rings. The minimum atomic E-state index is -2.97. The molecule has 10 nitrogen and oxygen atoms in total. The van der Waals surface area contributed by atoms with Gasteiger partial charge in [0.15, 0.2) is 5.82 Å². The SMILES string of the molecule is CCc1c(F)cnc2cc(O)cc(-c3nc4c5c(nc(OCC67CCCN6CCC7)nc5c3F)N(C(CO)C(F)F)[C@@H](C)CO4)c12. The van der Waals surface area contributed by atoms with Crippen LogP contribution < -0.4 is 14.4 Å². The van der Waals surface area contributed by atoms with Gasteiger partial charge in [0, 0.05) is 17.0 Å². The molecule has 0 radical (unpaired) electrons. The molecule has 1 unspecified atom stereocenters. The summed E-state index contributed by atoms with van der Waals surface area (Å²) in [5, 5.41) is 20.8. The third kappa shape index (κ3) is 4.84. The van der Waals surface area contributed by atoms with Gasteiger partial charge in [0.25, 0.3) is 6.43 Å². The lowest BCUT2D eigenvalue weighted by atomic mass is 9.95.